The van der Waals surface area contributed by atoms with E-state index in [1.54, 1.807) is 24.3 Å². The van der Waals surface area contributed by atoms with E-state index >= 15 is 0 Å². The van der Waals surface area contributed by atoms with Crippen LogP contribution in [0.1, 0.15) is 29.0 Å². The molecule has 9 heteroatoms. The Labute approximate surface area is 196 Å². The standard InChI is InChI=1S/C25H20F2O5S2/c1-33(29,30)20-7-3-15(4-8-20)22-14-23(28)25(17-11-18(26)13-19(27)12-17)24(22)16-5-9-21(10-6-16)34(2,31)32/h3-13,22H,14H2,1-2H3. The van der Waals surface area contributed by atoms with Crippen LogP contribution >= 0.6 is 0 Å². The Morgan fingerprint density at radius 3 is 1.65 bits per heavy atom. The number of ketones is 1. The number of carbonyl (C=O) groups is 1. The van der Waals surface area contributed by atoms with Crippen molar-refractivity contribution >= 4 is 36.6 Å². The molecule has 3 aromatic rings. The van der Waals surface area contributed by atoms with Gasteiger partial charge in [-0.05, 0) is 58.7 Å². The van der Waals surface area contributed by atoms with Gasteiger partial charge in [-0.25, -0.2) is 25.6 Å². The molecule has 0 spiro atoms. The Balaban J connectivity index is 1.93. The minimum atomic E-state index is -3.45. The molecular weight excluding hydrogens is 482 g/mol. The molecule has 1 unspecified atom stereocenters. The first-order valence-electron chi connectivity index (χ1n) is 10.2. The molecule has 0 amide bonds. The summed E-state index contributed by atoms with van der Waals surface area (Å²) in [6.07, 6.45) is 2.18. The van der Waals surface area contributed by atoms with Gasteiger partial charge in [0.25, 0.3) is 0 Å². The number of allylic oxidation sites excluding steroid dienone is 2. The molecule has 4 rings (SSSR count). The third-order valence-corrected chi connectivity index (χ3v) is 8.00. The summed E-state index contributed by atoms with van der Waals surface area (Å²) in [5, 5.41) is 0. The maximum atomic E-state index is 14.0. The lowest BCUT2D eigenvalue weighted by Crippen LogP contribution is -2.02. The largest absolute Gasteiger partial charge is 0.294 e. The predicted octanol–water partition coefficient (Wildman–Crippen LogP) is 4.44. The first-order chi connectivity index (χ1) is 15.8. The van der Waals surface area contributed by atoms with Gasteiger partial charge in [-0.3, -0.25) is 4.79 Å². The average Bonchev–Trinajstić information content (AvgIpc) is 3.09. The van der Waals surface area contributed by atoms with Gasteiger partial charge < -0.3 is 0 Å². The van der Waals surface area contributed by atoms with Crippen molar-refractivity contribution < 1.29 is 30.4 Å². The smallest absolute Gasteiger partial charge is 0.175 e. The number of sulfone groups is 2. The van der Waals surface area contributed by atoms with Crippen LogP contribution in [-0.2, 0) is 24.5 Å². The lowest BCUT2D eigenvalue weighted by molar-refractivity contribution is -0.113. The normalized spacial score (nSPS) is 16.8. The molecule has 3 aromatic carbocycles. The third kappa shape index (κ3) is 4.71. The fraction of sp³-hybridized carbons (Fsp3) is 0.160. The quantitative estimate of drug-likeness (QED) is 0.515. The van der Waals surface area contributed by atoms with Crippen LogP contribution in [0.25, 0.3) is 11.1 Å². The van der Waals surface area contributed by atoms with Gasteiger partial charge in [0, 0.05) is 36.5 Å². The molecule has 0 bridgehead atoms. The molecule has 176 valence electrons. The number of benzene rings is 3. The van der Waals surface area contributed by atoms with E-state index in [9.17, 15) is 30.4 Å². The van der Waals surface area contributed by atoms with Crippen LogP contribution in [0, 0.1) is 11.6 Å². The summed E-state index contributed by atoms with van der Waals surface area (Å²) in [7, 11) is -6.88. The van der Waals surface area contributed by atoms with Crippen LogP contribution in [0.4, 0.5) is 8.78 Å². The van der Waals surface area contributed by atoms with Gasteiger partial charge in [0.2, 0.25) is 0 Å². The Morgan fingerprint density at radius 1 is 0.706 bits per heavy atom. The molecule has 0 saturated heterocycles. The lowest BCUT2D eigenvalue weighted by atomic mass is 9.87. The van der Waals surface area contributed by atoms with Gasteiger partial charge >= 0.3 is 0 Å². The van der Waals surface area contributed by atoms with Crippen molar-refractivity contribution in [1.29, 1.82) is 0 Å². The summed E-state index contributed by atoms with van der Waals surface area (Å²) in [5.74, 6) is -2.51. The summed E-state index contributed by atoms with van der Waals surface area (Å²) in [4.78, 5) is 13.3. The van der Waals surface area contributed by atoms with Gasteiger partial charge in [0.15, 0.2) is 25.5 Å². The average molecular weight is 503 g/mol. The highest BCUT2D eigenvalue weighted by atomic mass is 32.2. The van der Waals surface area contributed by atoms with E-state index in [2.05, 4.69) is 0 Å². The minimum absolute atomic E-state index is 0.00878. The highest BCUT2D eigenvalue weighted by Crippen LogP contribution is 2.47. The third-order valence-electron chi connectivity index (χ3n) is 5.74. The maximum Gasteiger partial charge on any atom is 0.175 e. The molecule has 0 radical (unpaired) electrons. The number of rotatable bonds is 5. The molecule has 0 N–H and O–H groups in total. The molecule has 1 aliphatic rings. The summed E-state index contributed by atoms with van der Waals surface area (Å²) in [6, 6.07) is 14.9. The molecule has 0 saturated carbocycles. The minimum Gasteiger partial charge on any atom is -0.294 e. The van der Waals surface area contributed by atoms with Gasteiger partial charge in [-0.15, -0.1) is 0 Å². The highest BCUT2D eigenvalue weighted by molar-refractivity contribution is 7.91. The number of halogens is 2. The van der Waals surface area contributed by atoms with E-state index in [-0.39, 0.29) is 33.1 Å². The second kappa shape index (κ2) is 8.56. The Bertz CT molecular complexity index is 1520. The molecular formula is C25H20F2O5S2. The summed E-state index contributed by atoms with van der Waals surface area (Å²) >= 11 is 0. The predicted molar refractivity (Wildman–Crippen MR) is 125 cm³/mol. The van der Waals surface area contributed by atoms with Crippen LogP contribution in [0.2, 0.25) is 0 Å². The Morgan fingerprint density at radius 2 is 1.18 bits per heavy atom. The van der Waals surface area contributed by atoms with Crippen molar-refractivity contribution in [2.45, 2.75) is 22.1 Å². The fourth-order valence-corrected chi connectivity index (χ4v) is 5.45. The number of hydrogen-bond donors (Lipinski definition) is 0. The summed E-state index contributed by atoms with van der Waals surface area (Å²) < 4.78 is 75.4. The summed E-state index contributed by atoms with van der Waals surface area (Å²) in [5.41, 5.74) is 1.88. The van der Waals surface area contributed by atoms with Crippen LogP contribution < -0.4 is 0 Å². The Hall–Kier alpha value is -3.17. The zero-order chi connectivity index (χ0) is 24.8. The molecule has 1 aliphatic carbocycles. The maximum absolute atomic E-state index is 14.0. The molecule has 1 atom stereocenters. The van der Waals surface area contributed by atoms with E-state index in [0.29, 0.717) is 22.8 Å². The van der Waals surface area contributed by atoms with Crippen molar-refractivity contribution in [3.8, 4) is 0 Å². The first-order valence-corrected chi connectivity index (χ1v) is 14.0. The van der Waals surface area contributed by atoms with Gasteiger partial charge in [0.05, 0.1) is 9.79 Å². The second-order valence-corrected chi connectivity index (χ2v) is 12.3. The summed E-state index contributed by atoms with van der Waals surface area (Å²) in [6.45, 7) is 0. The topological polar surface area (TPSA) is 85.3 Å². The van der Waals surface area contributed by atoms with Crippen molar-refractivity contribution in [1.82, 2.24) is 0 Å². The van der Waals surface area contributed by atoms with Crippen LogP contribution in [0.5, 0.6) is 0 Å². The second-order valence-electron chi connectivity index (χ2n) is 8.26. The molecule has 0 fully saturated rings. The SMILES string of the molecule is CS(=O)(=O)c1ccc(C2=C(c3cc(F)cc(F)c3)C(=O)CC2c2ccc(S(C)(=O)=O)cc2)cc1. The number of hydrogen-bond acceptors (Lipinski definition) is 5. The molecule has 0 aliphatic heterocycles. The van der Waals surface area contributed by atoms with Crippen molar-refractivity contribution in [2.75, 3.05) is 12.5 Å². The van der Waals surface area contributed by atoms with Crippen molar-refractivity contribution in [3.05, 3.63) is 95.1 Å². The molecule has 5 nitrogen and oxygen atoms in total. The lowest BCUT2D eigenvalue weighted by Gasteiger charge is -2.17. The van der Waals surface area contributed by atoms with Crippen LogP contribution in [0.15, 0.2) is 76.5 Å². The zero-order valence-corrected chi connectivity index (χ0v) is 19.9. The zero-order valence-electron chi connectivity index (χ0n) is 18.2. The molecule has 34 heavy (non-hydrogen) atoms. The van der Waals surface area contributed by atoms with E-state index in [1.807, 2.05) is 0 Å². The van der Waals surface area contributed by atoms with E-state index in [1.165, 1.54) is 24.3 Å². The van der Waals surface area contributed by atoms with Crippen molar-refractivity contribution in [2.24, 2.45) is 0 Å². The highest BCUT2D eigenvalue weighted by Gasteiger charge is 2.35. The van der Waals surface area contributed by atoms with Crippen LogP contribution in [0.3, 0.4) is 0 Å². The Kier molecular flexibility index (Phi) is 6.03. The van der Waals surface area contributed by atoms with E-state index < -0.39 is 37.2 Å². The van der Waals surface area contributed by atoms with E-state index in [0.717, 1.165) is 24.6 Å². The fourth-order valence-electron chi connectivity index (χ4n) is 4.19. The molecule has 0 heterocycles. The van der Waals surface area contributed by atoms with Gasteiger partial charge in [0.1, 0.15) is 11.6 Å². The van der Waals surface area contributed by atoms with Crippen molar-refractivity contribution in [3.63, 3.8) is 0 Å². The first kappa shape index (κ1) is 24.0. The number of carbonyl (C=O) groups excluding carboxylic acids is 1. The monoisotopic (exact) mass is 502 g/mol. The van der Waals surface area contributed by atoms with Gasteiger partial charge in [-0.1, -0.05) is 24.3 Å². The number of Topliss-reactive ketones (excluding diaryl/α,β-unsaturated/α-hetero) is 1. The van der Waals surface area contributed by atoms with Gasteiger partial charge in [-0.2, -0.15) is 0 Å². The van der Waals surface area contributed by atoms with E-state index in [4.69, 9.17) is 0 Å². The van der Waals surface area contributed by atoms with Crippen LogP contribution in [-0.4, -0.2) is 35.1 Å². The molecule has 0 aromatic heterocycles.